The lowest BCUT2D eigenvalue weighted by molar-refractivity contribution is 0.306. The van der Waals surface area contributed by atoms with Gasteiger partial charge in [-0.2, -0.15) is 14.9 Å². The van der Waals surface area contributed by atoms with Crippen molar-refractivity contribution in [2.45, 2.75) is 6.61 Å². The first-order chi connectivity index (χ1) is 14.7. The molecular formula is C23H20N4O2S. The molecule has 0 aliphatic carbocycles. The van der Waals surface area contributed by atoms with Gasteiger partial charge in [-0.1, -0.05) is 54.6 Å². The van der Waals surface area contributed by atoms with Gasteiger partial charge in [0.2, 0.25) is 4.77 Å². The Hall–Kier alpha value is -3.71. The van der Waals surface area contributed by atoms with Crippen molar-refractivity contribution in [1.82, 2.24) is 14.9 Å². The highest BCUT2D eigenvalue weighted by Gasteiger charge is 2.12. The number of nitrogens with zero attached hydrogens (tertiary/aromatic N) is 3. The molecule has 0 aliphatic rings. The molecule has 1 heterocycles. The number of benzene rings is 3. The minimum absolute atomic E-state index is 0.392. The van der Waals surface area contributed by atoms with Crippen molar-refractivity contribution in [3.05, 3.63) is 94.8 Å². The van der Waals surface area contributed by atoms with E-state index in [0.717, 1.165) is 22.4 Å². The predicted octanol–water partition coefficient (Wildman–Crippen LogP) is 5.08. The Morgan fingerprint density at radius 2 is 1.83 bits per heavy atom. The lowest BCUT2D eigenvalue weighted by Gasteiger charge is -2.07. The molecule has 1 aromatic heterocycles. The van der Waals surface area contributed by atoms with E-state index < -0.39 is 0 Å². The summed E-state index contributed by atoms with van der Waals surface area (Å²) in [5.41, 5.74) is 2.79. The Morgan fingerprint density at radius 3 is 2.67 bits per heavy atom. The van der Waals surface area contributed by atoms with Crippen molar-refractivity contribution < 1.29 is 9.47 Å². The predicted molar refractivity (Wildman–Crippen MR) is 120 cm³/mol. The molecule has 4 rings (SSSR count). The number of aromatic amines is 1. The molecule has 0 atom stereocenters. The molecule has 0 fully saturated rings. The van der Waals surface area contributed by atoms with Crippen LogP contribution in [-0.4, -0.2) is 28.2 Å². The number of H-pyrrole nitrogens is 1. The van der Waals surface area contributed by atoms with E-state index in [-0.39, 0.29) is 0 Å². The zero-order valence-electron chi connectivity index (χ0n) is 16.4. The van der Waals surface area contributed by atoms with E-state index in [1.165, 1.54) is 0 Å². The van der Waals surface area contributed by atoms with Crippen LogP contribution in [0.5, 0.6) is 11.5 Å². The number of rotatable bonds is 7. The molecule has 30 heavy (non-hydrogen) atoms. The molecule has 0 radical (unpaired) electrons. The largest absolute Gasteiger partial charge is 0.496 e. The van der Waals surface area contributed by atoms with Gasteiger partial charge in [-0.05, 0) is 47.6 Å². The molecule has 6 nitrogen and oxygen atoms in total. The fourth-order valence-electron chi connectivity index (χ4n) is 2.95. The second-order valence-electron chi connectivity index (χ2n) is 6.46. The molecule has 0 unspecified atom stereocenters. The van der Waals surface area contributed by atoms with E-state index in [1.54, 1.807) is 18.0 Å². The van der Waals surface area contributed by atoms with Crippen molar-refractivity contribution in [2.75, 3.05) is 7.11 Å². The third-order valence-corrected chi connectivity index (χ3v) is 4.69. The Bertz CT molecular complexity index is 1220. The van der Waals surface area contributed by atoms with Gasteiger partial charge in [0.05, 0.1) is 18.9 Å². The van der Waals surface area contributed by atoms with Gasteiger partial charge in [0, 0.05) is 0 Å². The van der Waals surface area contributed by atoms with Crippen molar-refractivity contribution in [1.29, 1.82) is 0 Å². The first-order valence-electron chi connectivity index (χ1n) is 9.36. The summed E-state index contributed by atoms with van der Waals surface area (Å²) in [4.78, 5) is 0. The quantitative estimate of drug-likeness (QED) is 0.337. The zero-order chi connectivity index (χ0) is 20.8. The Labute approximate surface area is 179 Å². The maximum Gasteiger partial charge on any atom is 0.216 e. The Kier molecular flexibility index (Phi) is 6.01. The van der Waals surface area contributed by atoms with Crippen molar-refractivity contribution in [2.24, 2.45) is 5.10 Å². The van der Waals surface area contributed by atoms with Crippen LogP contribution in [0.2, 0.25) is 0 Å². The summed E-state index contributed by atoms with van der Waals surface area (Å²) < 4.78 is 13.3. The van der Waals surface area contributed by atoms with Gasteiger partial charge in [-0.3, -0.25) is 0 Å². The minimum Gasteiger partial charge on any atom is -0.496 e. The lowest BCUT2D eigenvalue weighted by atomic mass is 10.2. The van der Waals surface area contributed by atoms with Gasteiger partial charge in [0.25, 0.3) is 0 Å². The monoisotopic (exact) mass is 416 g/mol. The molecule has 7 heteroatoms. The molecule has 150 valence electrons. The molecule has 4 aromatic rings. The molecule has 3 aromatic carbocycles. The number of ether oxygens (including phenoxy) is 2. The second kappa shape index (κ2) is 9.19. The first kappa shape index (κ1) is 19.6. The average molecular weight is 417 g/mol. The fraction of sp³-hybridized carbons (Fsp3) is 0.0870. The van der Waals surface area contributed by atoms with Gasteiger partial charge >= 0.3 is 0 Å². The zero-order valence-corrected chi connectivity index (χ0v) is 17.2. The highest BCUT2D eigenvalue weighted by atomic mass is 32.1. The Balaban J connectivity index is 1.56. The second-order valence-corrected chi connectivity index (χ2v) is 6.84. The summed E-state index contributed by atoms with van der Waals surface area (Å²) in [6, 6.07) is 25.4. The van der Waals surface area contributed by atoms with E-state index in [1.807, 2.05) is 78.9 Å². The average Bonchev–Trinajstić information content (AvgIpc) is 3.17. The molecule has 0 saturated carbocycles. The van der Waals surface area contributed by atoms with Gasteiger partial charge in [-0.25, -0.2) is 5.10 Å². The van der Waals surface area contributed by atoms with Crippen LogP contribution >= 0.6 is 12.2 Å². The smallest absolute Gasteiger partial charge is 0.216 e. The van der Waals surface area contributed by atoms with Crippen LogP contribution in [0.3, 0.4) is 0 Å². The minimum atomic E-state index is 0.392. The van der Waals surface area contributed by atoms with Crippen molar-refractivity contribution in [3.8, 4) is 22.9 Å². The van der Waals surface area contributed by atoms with Crippen LogP contribution in [0.4, 0.5) is 0 Å². The normalized spacial score (nSPS) is 11.0. The SMILES string of the molecule is COc1ccccc1-c1n[nH]c(=S)n1N=Cc1cccc(OCc2ccccc2)c1. The number of hydrogen-bond donors (Lipinski definition) is 1. The summed E-state index contributed by atoms with van der Waals surface area (Å²) in [6.07, 6.45) is 1.72. The van der Waals surface area contributed by atoms with Crippen molar-refractivity contribution in [3.63, 3.8) is 0 Å². The highest BCUT2D eigenvalue weighted by molar-refractivity contribution is 7.71. The third-order valence-electron chi connectivity index (χ3n) is 4.43. The van der Waals surface area contributed by atoms with Gasteiger partial charge < -0.3 is 9.47 Å². The van der Waals surface area contributed by atoms with E-state index >= 15 is 0 Å². The summed E-state index contributed by atoms with van der Waals surface area (Å²) >= 11 is 5.35. The standard InChI is InChI=1S/C23H20N4O2S/c1-28-21-13-6-5-12-20(21)22-25-26-23(30)27(22)24-15-18-10-7-11-19(14-18)29-16-17-8-3-2-4-9-17/h2-15H,16H2,1H3,(H,26,30). The number of aromatic nitrogens is 3. The van der Waals surface area contributed by atoms with Crippen LogP contribution in [0.1, 0.15) is 11.1 Å². The fourth-order valence-corrected chi connectivity index (χ4v) is 3.13. The van der Waals surface area contributed by atoms with Crippen LogP contribution < -0.4 is 9.47 Å². The maximum atomic E-state index is 5.89. The van der Waals surface area contributed by atoms with Gasteiger partial charge in [0.15, 0.2) is 5.82 Å². The number of nitrogens with one attached hydrogen (secondary N) is 1. The molecule has 0 spiro atoms. The topological polar surface area (TPSA) is 64.4 Å². The van der Waals surface area contributed by atoms with Crippen LogP contribution in [0.25, 0.3) is 11.4 Å². The Morgan fingerprint density at radius 1 is 1.03 bits per heavy atom. The summed E-state index contributed by atoms with van der Waals surface area (Å²) in [6.45, 7) is 0.506. The van der Waals surface area contributed by atoms with E-state index in [0.29, 0.717) is 23.0 Å². The van der Waals surface area contributed by atoms with Gasteiger partial charge in [-0.15, -0.1) is 0 Å². The lowest BCUT2D eigenvalue weighted by Crippen LogP contribution is -1.98. The van der Waals surface area contributed by atoms with E-state index in [2.05, 4.69) is 15.3 Å². The van der Waals surface area contributed by atoms with E-state index in [9.17, 15) is 0 Å². The van der Waals surface area contributed by atoms with Crippen LogP contribution in [0, 0.1) is 4.77 Å². The number of para-hydroxylation sites is 1. The summed E-state index contributed by atoms with van der Waals surface area (Å²) in [7, 11) is 1.62. The van der Waals surface area contributed by atoms with E-state index in [4.69, 9.17) is 21.7 Å². The highest BCUT2D eigenvalue weighted by Crippen LogP contribution is 2.28. The third kappa shape index (κ3) is 4.47. The molecule has 0 bridgehead atoms. The molecular weight excluding hydrogens is 396 g/mol. The summed E-state index contributed by atoms with van der Waals surface area (Å²) in [5, 5.41) is 11.6. The molecule has 1 N–H and O–H groups in total. The first-order valence-corrected chi connectivity index (χ1v) is 9.77. The van der Waals surface area contributed by atoms with Gasteiger partial charge in [0.1, 0.15) is 18.1 Å². The summed E-state index contributed by atoms with van der Waals surface area (Å²) in [5.74, 6) is 2.04. The van der Waals surface area contributed by atoms with Crippen LogP contribution in [0.15, 0.2) is 84.0 Å². The number of methoxy groups -OCH3 is 1. The van der Waals surface area contributed by atoms with Crippen LogP contribution in [-0.2, 0) is 6.61 Å². The molecule has 0 saturated heterocycles. The number of hydrogen-bond acceptors (Lipinski definition) is 5. The van der Waals surface area contributed by atoms with Crippen molar-refractivity contribution >= 4 is 18.4 Å². The molecule has 0 amide bonds. The maximum absolute atomic E-state index is 5.89. The molecule has 0 aliphatic heterocycles.